The maximum absolute atomic E-state index is 11.9. The molecule has 0 saturated heterocycles. The summed E-state index contributed by atoms with van der Waals surface area (Å²) in [5.74, 6) is -0.376. The Labute approximate surface area is 126 Å². The number of nitrogens with zero attached hydrogens (tertiary/aromatic N) is 4. The molecule has 0 bridgehead atoms. The van der Waals surface area contributed by atoms with E-state index in [0.29, 0.717) is 15.6 Å². The summed E-state index contributed by atoms with van der Waals surface area (Å²) in [4.78, 5) is 16.1. The summed E-state index contributed by atoms with van der Waals surface area (Å²) in [6.07, 6.45) is 0. The van der Waals surface area contributed by atoms with Gasteiger partial charge >= 0.3 is 0 Å². The van der Waals surface area contributed by atoms with Gasteiger partial charge in [0.15, 0.2) is 0 Å². The fraction of sp³-hybridized carbons (Fsp3) is 0. The average Bonchev–Trinajstić information content (AvgIpc) is 3.12. The van der Waals surface area contributed by atoms with E-state index in [2.05, 4.69) is 30.9 Å². The number of anilines is 1. The third kappa shape index (κ3) is 2.83. The van der Waals surface area contributed by atoms with Gasteiger partial charge in [-0.15, -0.1) is 16.4 Å². The summed E-state index contributed by atoms with van der Waals surface area (Å²) in [6, 6.07) is 4.62. The highest BCUT2D eigenvalue weighted by molar-refractivity contribution is 7.13. The number of carbonyl (C=O) groups excluding carboxylic acids is 1. The van der Waals surface area contributed by atoms with Crippen molar-refractivity contribution in [3.8, 4) is 16.3 Å². The molecule has 8 nitrogen and oxygen atoms in total. The molecular weight excluding hydrogens is 316 g/mol. The van der Waals surface area contributed by atoms with Crippen LogP contribution in [0.4, 0.5) is 5.95 Å². The number of phenolic OH excluding ortho intramolecular Hbond substituents is 1. The molecule has 3 N–H and O–H groups in total. The molecule has 1 amide bonds. The summed E-state index contributed by atoms with van der Waals surface area (Å²) in [5.41, 5.74) is 0.644. The number of rotatable bonds is 3. The predicted octanol–water partition coefficient (Wildman–Crippen LogP) is 1.93. The van der Waals surface area contributed by atoms with E-state index in [0.717, 1.165) is 0 Å². The van der Waals surface area contributed by atoms with Gasteiger partial charge in [-0.1, -0.05) is 16.7 Å². The van der Waals surface area contributed by atoms with Gasteiger partial charge in [-0.3, -0.25) is 10.1 Å². The fourth-order valence-corrected chi connectivity index (χ4v) is 2.56. The molecule has 0 spiro atoms. The van der Waals surface area contributed by atoms with Crippen LogP contribution in [0.3, 0.4) is 0 Å². The standard InChI is InChI=1S/C11H7ClN6O2S/c12-5-1-2-8(19)6(3-5)10-13-7(4-21-10)9(20)14-11-15-17-18-16-11/h1-4,19H,(H2,14,15,16,17,18,20). The molecule has 3 aromatic rings. The van der Waals surface area contributed by atoms with Crippen LogP contribution in [0, 0.1) is 0 Å². The number of aromatic nitrogens is 5. The van der Waals surface area contributed by atoms with Gasteiger partial charge in [0.05, 0.1) is 5.56 Å². The largest absolute Gasteiger partial charge is 0.507 e. The zero-order chi connectivity index (χ0) is 14.8. The molecule has 0 unspecified atom stereocenters. The Morgan fingerprint density at radius 1 is 1.43 bits per heavy atom. The van der Waals surface area contributed by atoms with E-state index < -0.39 is 5.91 Å². The Kier molecular flexibility index (Phi) is 3.50. The van der Waals surface area contributed by atoms with Gasteiger partial charge in [0.25, 0.3) is 11.9 Å². The van der Waals surface area contributed by atoms with Crippen molar-refractivity contribution in [3.05, 3.63) is 34.3 Å². The molecule has 0 radical (unpaired) electrons. The van der Waals surface area contributed by atoms with Gasteiger partial charge in [-0.05, 0) is 23.4 Å². The summed E-state index contributed by atoms with van der Waals surface area (Å²) in [6.45, 7) is 0. The van der Waals surface area contributed by atoms with Crippen LogP contribution in [-0.2, 0) is 0 Å². The lowest BCUT2D eigenvalue weighted by atomic mass is 10.2. The van der Waals surface area contributed by atoms with Crippen molar-refractivity contribution >= 4 is 34.8 Å². The molecule has 0 saturated carbocycles. The van der Waals surface area contributed by atoms with E-state index in [-0.39, 0.29) is 17.4 Å². The maximum atomic E-state index is 11.9. The number of tetrazole rings is 1. The molecular formula is C11H7ClN6O2S. The summed E-state index contributed by atoms with van der Waals surface area (Å²) < 4.78 is 0. The first kappa shape index (κ1) is 13.5. The third-order valence-electron chi connectivity index (χ3n) is 2.50. The number of aromatic hydroxyl groups is 1. The highest BCUT2D eigenvalue weighted by atomic mass is 35.5. The molecule has 0 atom stereocenters. The van der Waals surface area contributed by atoms with Crippen molar-refractivity contribution in [1.82, 2.24) is 25.6 Å². The fourth-order valence-electron chi connectivity index (χ4n) is 1.56. The molecule has 0 aliphatic carbocycles. The second-order valence-electron chi connectivity index (χ2n) is 3.89. The minimum absolute atomic E-state index is 0.0406. The van der Waals surface area contributed by atoms with E-state index >= 15 is 0 Å². The number of hydrogen-bond donors (Lipinski definition) is 3. The number of benzene rings is 1. The van der Waals surface area contributed by atoms with E-state index in [1.807, 2.05) is 0 Å². The van der Waals surface area contributed by atoms with Crippen molar-refractivity contribution in [2.75, 3.05) is 5.32 Å². The first-order valence-electron chi connectivity index (χ1n) is 5.62. The molecule has 0 aliphatic heterocycles. The van der Waals surface area contributed by atoms with Gasteiger partial charge in [-0.2, -0.15) is 5.21 Å². The Morgan fingerprint density at radius 2 is 2.29 bits per heavy atom. The third-order valence-corrected chi connectivity index (χ3v) is 3.61. The van der Waals surface area contributed by atoms with Crippen molar-refractivity contribution in [2.24, 2.45) is 0 Å². The minimum Gasteiger partial charge on any atom is -0.507 e. The van der Waals surface area contributed by atoms with Gasteiger partial charge in [0.1, 0.15) is 16.5 Å². The van der Waals surface area contributed by atoms with E-state index in [4.69, 9.17) is 11.6 Å². The Balaban J connectivity index is 1.86. The summed E-state index contributed by atoms with van der Waals surface area (Å²) in [7, 11) is 0. The predicted molar refractivity (Wildman–Crippen MR) is 76.4 cm³/mol. The number of hydrogen-bond acceptors (Lipinski definition) is 7. The molecule has 3 rings (SSSR count). The van der Waals surface area contributed by atoms with Crippen molar-refractivity contribution in [3.63, 3.8) is 0 Å². The van der Waals surface area contributed by atoms with Crippen LogP contribution < -0.4 is 5.32 Å². The second kappa shape index (κ2) is 5.46. The normalized spacial score (nSPS) is 10.5. The van der Waals surface area contributed by atoms with Crippen LogP contribution in [0.2, 0.25) is 5.02 Å². The lowest BCUT2D eigenvalue weighted by Gasteiger charge is -2.01. The van der Waals surface area contributed by atoms with Crippen molar-refractivity contribution in [1.29, 1.82) is 0 Å². The Bertz CT molecular complexity index is 788. The molecule has 106 valence electrons. The zero-order valence-electron chi connectivity index (χ0n) is 10.2. The van der Waals surface area contributed by atoms with Crippen LogP contribution in [0.1, 0.15) is 10.5 Å². The molecule has 0 aliphatic rings. The van der Waals surface area contributed by atoms with Gasteiger partial charge in [0, 0.05) is 10.4 Å². The number of aromatic amines is 1. The van der Waals surface area contributed by atoms with Crippen LogP contribution >= 0.6 is 22.9 Å². The van der Waals surface area contributed by atoms with E-state index in [9.17, 15) is 9.90 Å². The number of amides is 1. The van der Waals surface area contributed by atoms with Crippen LogP contribution in [0.25, 0.3) is 10.6 Å². The second-order valence-corrected chi connectivity index (χ2v) is 5.18. The SMILES string of the molecule is O=C(Nc1nn[nH]n1)c1csc(-c2cc(Cl)ccc2O)n1. The van der Waals surface area contributed by atoms with Crippen LogP contribution in [-0.4, -0.2) is 36.6 Å². The molecule has 10 heteroatoms. The van der Waals surface area contributed by atoms with Gasteiger partial charge in [-0.25, -0.2) is 4.98 Å². The quantitative estimate of drug-likeness (QED) is 0.678. The minimum atomic E-state index is -0.472. The smallest absolute Gasteiger partial charge is 0.277 e. The molecule has 0 fully saturated rings. The topological polar surface area (TPSA) is 117 Å². The molecule has 2 heterocycles. The first-order chi connectivity index (χ1) is 10.1. The number of carbonyl (C=O) groups is 1. The first-order valence-corrected chi connectivity index (χ1v) is 6.88. The monoisotopic (exact) mass is 322 g/mol. The Morgan fingerprint density at radius 3 is 3.05 bits per heavy atom. The highest BCUT2D eigenvalue weighted by Gasteiger charge is 2.15. The molecule has 21 heavy (non-hydrogen) atoms. The molecule has 2 aromatic heterocycles. The van der Waals surface area contributed by atoms with Crippen LogP contribution in [0.5, 0.6) is 5.75 Å². The van der Waals surface area contributed by atoms with Gasteiger partial charge < -0.3 is 5.11 Å². The number of H-pyrrole nitrogens is 1. The average molecular weight is 323 g/mol. The number of phenols is 1. The zero-order valence-corrected chi connectivity index (χ0v) is 11.8. The van der Waals surface area contributed by atoms with Gasteiger partial charge in [0.2, 0.25) is 0 Å². The lowest BCUT2D eigenvalue weighted by molar-refractivity contribution is 0.102. The highest BCUT2D eigenvalue weighted by Crippen LogP contribution is 2.33. The lowest BCUT2D eigenvalue weighted by Crippen LogP contribution is -2.13. The molecule has 1 aromatic carbocycles. The summed E-state index contributed by atoms with van der Waals surface area (Å²) in [5, 5.41) is 27.5. The Hall–Kier alpha value is -2.52. The van der Waals surface area contributed by atoms with Crippen molar-refractivity contribution < 1.29 is 9.90 Å². The number of thiazole rings is 1. The summed E-state index contributed by atoms with van der Waals surface area (Å²) >= 11 is 7.10. The van der Waals surface area contributed by atoms with E-state index in [1.165, 1.54) is 17.4 Å². The maximum Gasteiger partial charge on any atom is 0.277 e. The van der Waals surface area contributed by atoms with Crippen LogP contribution in [0.15, 0.2) is 23.6 Å². The van der Waals surface area contributed by atoms with E-state index in [1.54, 1.807) is 17.5 Å². The van der Waals surface area contributed by atoms with Crippen molar-refractivity contribution in [2.45, 2.75) is 0 Å². The number of halogens is 1. The number of nitrogens with one attached hydrogen (secondary N) is 2.